The Morgan fingerprint density at radius 3 is 1.38 bits per heavy atom. The van der Waals surface area contributed by atoms with Crippen molar-refractivity contribution in [2.24, 2.45) is 0 Å². The van der Waals surface area contributed by atoms with Crippen LogP contribution in [-0.4, -0.2) is 87.4 Å². The molecule has 0 saturated heterocycles. The van der Waals surface area contributed by atoms with E-state index in [0.29, 0.717) is 23.9 Å². The van der Waals surface area contributed by atoms with E-state index in [1.165, 1.54) is 122 Å². The number of esters is 2. The van der Waals surface area contributed by atoms with E-state index in [-0.39, 0.29) is 32.2 Å². The number of carbonyl (C=O) groups is 3. The van der Waals surface area contributed by atoms with Gasteiger partial charge in [-0.2, -0.15) is 0 Å². The molecule has 0 aliphatic heterocycles. The lowest BCUT2D eigenvalue weighted by atomic mass is 10.0. The van der Waals surface area contributed by atoms with Crippen molar-refractivity contribution < 1.29 is 42.9 Å². The molecule has 0 aliphatic rings. The maximum atomic E-state index is 12.8. The van der Waals surface area contributed by atoms with Crippen molar-refractivity contribution in [1.29, 1.82) is 0 Å². The Hall–Kier alpha value is -2.23. The number of hydrogen-bond donors (Lipinski definition) is 1. The SMILES string of the molecule is CCCCCC/C=C\C/C=C\CCCCCCCC(=O)OC(COC(=O)CCCCCCCCCCCCCCCCCCC)COC(OCC[N+](C)(C)C)C(=O)O. The summed E-state index contributed by atoms with van der Waals surface area (Å²) in [6.07, 6.45) is 42.3. The van der Waals surface area contributed by atoms with Gasteiger partial charge in [0.25, 0.3) is 6.29 Å². The van der Waals surface area contributed by atoms with E-state index < -0.39 is 24.3 Å². The molecule has 1 N–H and O–H groups in total. The van der Waals surface area contributed by atoms with E-state index in [0.717, 1.165) is 57.8 Å². The van der Waals surface area contributed by atoms with Gasteiger partial charge in [-0.3, -0.25) is 9.59 Å². The highest BCUT2D eigenvalue weighted by Crippen LogP contribution is 2.15. The summed E-state index contributed by atoms with van der Waals surface area (Å²) in [5.41, 5.74) is 0. The van der Waals surface area contributed by atoms with Crippen molar-refractivity contribution >= 4 is 17.9 Å². The average molecular weight is 823 g/mol. The van der Waals surface area contributed by atoms with Crippen molar-refractivity contribution in [2.45, 2.75) is 225 Å². The zero-order chi connectivity index (χ0) is 42.8. The first-order valence-corrected chi connectivity index (χ1v) is 24.0. The molecule has 0 rings (SSSR count). The number of allylic oxidation sites excluding steroid dienone is 4. The normalized spacial score (nSPS) is 13.1. The van der Waals surface area contributed by atoms with Crippen LogP contribution in [0.1, 0.15) is 213 Å². The molecule has 0 aromatic carbocycles. The summed E-state index contributed by atoms with van der Waals surface area (Å²) in [6, 6.07) is 0. The lowest BCUT2D eigenvalue weighted by Gasteiger charge is -2.25. The summed E-state index contributed by atoms with van der Waals surface area (Å²) < 4.78 is 22.8. The number of aliphatic carboxylic acids is 1. The zero-order valence-corrected chi connectivity index (χ0v) is 38.5. The molecule has 2 atom stereocenters. The van der Waals surface area contributed by atoms with Gasteiger partial charge in [0.15, 0.2) is 6.10 Å². The number of carbonyl (C=O) groups excluding carboxylic acids is 2. The molecule has 340 valence electrons. The number of likely N-dealkylation sites (N-methyl/N-ethyl adjacent to an activating group) is 1. The first-order chi connectivity index (χ1) is 28.1. The van der Waals surface area contributed by atoms with Gasteiger partial charge < -0.3 is 28.5 Å². The molecule has 0 aromatic rings. The minimum Gasteiger partial charge on any atom is -0.477 e. The maximum Gasteiger partial charge on any atom is 0.361 e. The van der Waals surface area contributed by atoms with Gasteiger partial charge in [0.05, 0.1) is 34.4 Å². The molecule has 0 saturated carbocycles. The second-order valence-electron chi connectivity index (χ2n) is 17.4. The molecule has 0 aliphatic carbocycles. The fourth-order valence-corrected chi connectivity index (χ4v) is 6.69. The van der Waals surface area contributed by atoms with Crippen LogP contribution in [0.2, 0.25) is 0 Å². The number of rotatable bonds is 44. The summed E-state index contributed by atoms with van der Waals surface area (Å²) >= 11 is 0. The number of carboxylic acids is 1. The lowest BCUT2D eigenvalue weighted by Crippen LogP contribution is -2.40. The maximum absolute atomic E-state index is 12.8. The van der Waals surface area contributed by atoms with Crippen LogP contribution in [0.3, 0.4) is 0 Å². The minimum atomic E-state index is -1.51. The topological polar surface area (TPSA) is 108 Å². The van der Waals surface area contributed by atoms with Gasteiger partial charge in [-0.1, -0.05) is 179 Å². The van der Waals surface area contributed by atoms with E-state index in [9.17, 15) is 19.5 Å². The summed E-state index contributed by atoms with van der Waals surface area (Å²) in [5, 5.41) is 9.64. The van der Waals surface area contributed by atoms with Crippen molar-refractivity contribution in [3.8, 4) is 0 Å². The minimum absolute atomic E-state index is 0.184. The highest BCUT2D eigenvalue weighted by molar-refractivity contribution is 5.71. The number of nitrogens with zero attached hydrogens (tertiary/aromatic N) is 1. The van der Waals surface area contributed by atoms with Gasteiger partial charge in [-0.25, -0.2) is 4.79 Å². The average Bonchev–Trinajstić information content (AvgIpc) is 3.18. The van der Waals surface area contributed by atoms with Crippen LogP contribution >= 0.6 is 0 Å². The fraction of sp³-hybridized carbons (Fsp3) is 0.857. The van der Waals surface area contributed by atoms with Crippen LogP contribution in [0.25, 0.3) is 0 Å². The van der Waals surface area contributed by atoms with Crippen molar-refractivity contribution in [3.63, 3.8) is 0 Å². The summed E-state index contributed by atoms with van der Waals surface area (Å²) in [4.78, 5) is 37.2. The molecule has 9 heteroatoms. The molecule has 0 heterocycles. The van der Waals surface area contributed by atoms with Crippen LogP contribution in [0.5, 0.6) is 0 Å². The fourth-order valence-electron chi connectivity index (χ4n) is 6.69. The standard InChI is InChI=1S/C49H91NO8/c1-6-8-10-12-14-16-18-20-22-24-26-27-29-31-33-35-37-39-46(51)56-43-45(44-57-49(48(53)54)55-42-41-50(3,4)5)58-47(52)40-38-36-34-32-30-28-25-23-21-19-17-15-13-11-9-7-2/h17,19,23,25,45,49H,6-16,18,20-22,24,26-44H2,1-5H3/p+1/b19-17-,25-23-. The molecule has 0 fully saturated rings. The lowest BCUT2D eigenvalue weighted by molar-refractivity contribution is -0.870. The van der Waals surface area contributed by atoms with Crippen LogP contribution in [0.15, 0.2) is 24.3 Å². The predicted molar refractivity (Wildman–Crippen MR) is 240 cm³/mol. The Labute approximate surface area is 357 Å². The van der Waals surface area contributed by atoms with Crippen LogP contribution in [-0.2, 0) is 33.3 Å². The van der Waals surface area contributed by atoms with Crippen LogP contribution in [0.4, 0.5) is 0 Å². The second kappa shape index (κ2) is 41.5. The third-order valence-corrected chi connectivity index (χ3v) is 10.5. The first-order valence-electron chi connectivity index (χ1n) is 24.0. The number of hydrogen-bond acceptors (Lipinski definition) is 7. The Balaban J connectivity index is 4.40. The van der Waals surface area contributed by atoms with Crippen molar-refractivity contribution in [2.75, 3.05) is 47.5 Å². The van der Waals surface area contributed by atoms with Crippen LogP contribution in [0, 0.1) is 0 Å². The number of quaternary nitrogens is 1. The Kier molecular flexibility index (Phi) is 39.9. The smallest absolute Gasteiger partial charge is 0.361 e. The highest BCUT2D eigenvalue weighted by Gasteiger charge is 2.25. The Bertz CT molecular complexity index is 1010. The van der Waals surface area contributed by atoms with Gasteiger partial charge in [0, 0.05) is 12.8 Å². The van der Waals surface area contributed by atoms with Gasteiger partial charge >= 0.3 is 17.9 Å². The third kappa shape index (κ3) is 41.9. The number of unbranched alkanes of at least 4 members (excludes halogenated alkanes) is 25. The molecule has 58 heavy (non-hydrogen) atoms. The van der Waals surface area contributed by atoms with E-state index >= 15 is 0 Å². The highest BCUT2D eigenvalue weighted by atomic mass is 16.7. The number of ether oxygens (including phenoxy) is 4. The Morgan fingerprint density at radius 2 is 0.931 bits per heavy atom. The summed E-state index contributed by atoms with van der Waals surface area (Å²) in [6.45, 7) is 4.86. The van der Waals surface area contributed by atoms with Gasteiger partial charge in [0.1, 0.15) is 13.2 Å². The van der Waals surface area contributed by atoms with E-state index in [2.05, 4.69) is 38.2 Å². The quantitative estimate of drug-likeness (QED) is 0.0213. The van der Waals surface area contributed by atoms with Gasteiger partial charge in [0.2, 0.25) is 0 Å². The van der Waals surface area contributed by atoms with Crippen molar-refractivity contribution in [3.05, 3.63) is 24.3 Å². The molecule has 0 aromatic heterocycles. The second-order valence-corrected chi connectivity index (χ2v) is 17.4. The molecule has 0 spiro atoms. The predicted octanol–water partition coefficient (Wildman–Crippen LogP) is 12.8. The first kappa shape index (κ1) is 55.8. The van der Waals surface area contributed by atoms with Crippen LogP contribution < -0.4 is 0 Å². The zero-order valence-electron chi connectivity index (χ0n) is 38.5. The van der Waals surface area contributed by atoms with E-state index in [1.807, 2.05) is 21.1 Å². The van der Waals surface area contributed by atoms with Gasteiger partial charge in [-0.05, 0) is 44.9 Å². The summed E-state index contributed by atoms with van der Waals surface area (Å²) in [7, 11) is 5.96. The molecular formula is C49H92NO8+. The van der Waals surface area contributed by atoms with E-state index in [4.69, 9.17) is 18.9 Å². The largest absolute Gasteiger partial charge is 0.477 e. The molecule has 0 amide bonds. The van der Waals surface area contributed by atoms with Gasteiger partial charge in [-0.15, -0.1) is 0 Å². The van der Waals surface area contributed by atoms with Crippen molar-refractivity contribution in [1.82, 2.24) is 0 Å². The molecule has 2 unspecified atom stereocenters. The molecule has 9 nitrogen and oxygen atoms in total. The third-order valence-electron chi connectivity index (χ3n) is 10.5. The summed E-state index contributed by atoms with van der Waals surface area (Å²) in [5.74, 6) is -2.01. The monoisotopic (exact) mass is 823 g/mol. The van der Waals surface area contributed by atoms with E-state index in [1.54, 1.807) is 0 Å². The molecule has 0 radical (unpaired) electrons. The molecule has 0 bridgehead atoms. The number of carboxylic acid groups (broad SMARTS) is 1. The Morgan fingerprint density at radius 1 is 0.517 bits per heavy atom. The molecular weight excluding hydrogens is 731 g/mol.